The van der Waals surface area contributed by atoms with Crippen LogP contribution in [-0.4, -0.2) is 54.3 Å². The van der Waals surface area contributed by atoms with Crippen molar-refractivity contribution in [2.75, 3.05) is 11.1 Å². The second-order valence-electron chi connectivity index (χ2n) is 7.09. The van der Waals surface area contributed by atoms with Gasteiger partial charge in [-0.15, -0.1) is 0 Å². The number of fused-ring (bicyclic) bond motifs is 2. The first-order valence-corrected chi connectivity index (χ1v) is 11.0. The molecule has 0 aliphatic carbocycles. The zero-order valence-electron chi connectivity index (χ0n) is 18.5. The first kappa shape index (κ1) is 22.7. The summed E-state index contributed by atoms with van der Waals surface area (Å²) in [5.41, 5.74) is 7.31. The molecule has 0 radical (unpaired) electrons. The summed E-state index contributed by atoms with van der Waals surface area (Å²) in [6.07, 6.45) is 7.55. The number of nitro groups is 1. The highest BCUT2D eigenvalue weighted by atomic mass is 32.2. The molecule has 16 nitrogen and oxygen atoms in total. The topological polar surface area (TPSA) is 221 Å². The number of rotatable bonds is 6. The number of aromatic nitrogens is 10. The number of hydrogen-bond acceptors (Lipinski definition) is 13. The van der Waals surface area contributed by atoms with Crippen LogP contribution in [0.4, 0.5) is 17.6 Å². The van der Waals surface area contributed by atoms with Crippen molar-refractivity contribution in [3.8, 4) is 11.5 Å². The van der Waals surface area contributed by atoms with Crippen molar-refractivity contribution >= 4 is 40.5 Å². The molecular weight excluding hydrogens is 490 g/mol. The van der Waals surface area contributed by atoms with Crippen LogP contribution >= 0.6 is 11.8 Å². The normalized spacial score (nSPS) is 10.9. The number of nitrogens with one attached hydrogen (secondary N) is 3. The Morgan fingerprint density at radius 1 is 1.19 bits per heavy atom. The quantitative estimate of drug-likeness (QED) is 0.144. The van der Waals surface area contributed by atoms with Crippen molar-refractivity contribution in [3.63, 3.8) is 0 Å². The van der Waals surface area contributed by atoms with Gasteiger partial charge in [0.15, 0.2) is 16.5 Å². The van der Waals surface area contributed by atoms with E-state index in [-0.39, 0.29) is 11.8 Å². The maximum Gasteiger partial charge on any atom is 0.396 e. The summed E-state index contributed by atoms with van der Waals surface area (Å²) < 4.78 is 6.77. The SMILES string of the molecule is Cn1cnc([N+](=O)[O-])c1Sc1nc(N)nc2nc[nH]c12.c1coc(CNc2[nH]cnc3ncnc2-3)c1. The van der Waals surface area contributed by atoms with E-state index in [1.807, 2.05) is 12.1 Å². The predicted molar refractivity (Wildman–Crippen MR) is 127 cm³/mol. The maximum absolute atomic E-state index is 10.9. The number of nitrogen functional groups attached to an aromatic ring is 1. The van der Waals surface area contributed by atoms with E-state index in [2.05, 4.69) is 50.2 Å². The second kappa shape index (κ2) is 9.66. The third-order valence-electron chi connectivity index (χ3n) is 4.73. The smallest absolute Gasteiger partial charge is 0.396 e. The van der Waals surface area contributed by atoms with Crippen LogP contribution in [0, 0.1) is 10.1 Å². The first-order valence-electron chi connectivity index (χ1n) is 10.2. The molecule has 0 saturated heterocycles. The van der Waals surface area contributed by atoms with Gasteiger partial charge in [0.1, 0.15) is 34.1 Å². The molecule has 182 valence electrons. The van der Waals surface area contributed by atoms with Gasteiger partial charge in [0.25, 0.3) is 0 Å². The lowest BCUT2D eigenvalue weighted by Gasteiger charge is -2.06. The molecule has 0 aromatic carbocycles. The number of anilines is 2. The molecule has 6 rings (SSSR count). The van der Waals surface area contributed by atoms with E-state index >= 15 is 0 Å². The fraction of sp³-hybridized carbons (Fsp3) is 0.105. The minimum Gasteiger partial charge on any atom is -0.467 e. The highest BCUT2D eigenvalue weighted by molar-refractivity contribution is 7.99. The first-order chi connectivity index (χ1) is 17.5. The third kappa shape index (κ3) is 4.62. The van der Waals surface area contributed by atoms with Crippen LogP contribution < -0.4 is 11.1 Å². The summed E-state index contributed by atoms with van der Waals surface area (Å²) in [5, 5.41) is 14.9. The van der Waals surface area contributed by atoms with E-state index in [4.69, 9.17) is 10.2 Å². The van der Waals surface area contributed by atoms with Gasteiger partial charge in [-0.05, 0) is 33.8 Å². The number of aromatic amines is 2. The molecule has 5 N–H and O–H groups in total. The average molecular weight is 508 g/mol. The Hall–Kier alpha value is -5.06. The summed E-state index contributed by atoms with van der Waals surface area (Å²) in [7, 11) is 1.66. The minimum absolute atomic E-state index is 0.0527. The number of imidazole rings is 3. The van der Waals surface area contributed by atoms with Crippen LogP contribution in [0.3, 0.4) is 0 Å². The maximum atomic E-state index is 10.9. The highest BCUT2D eigenvalue weighted by Gasteiger charge is 2.23. The number of hydrogen-bond donors (Lipinski definition) is 4. The Kier molecular flexibility index (Phi) is 6.10. The zero-order chi connectivity index (χ0) is 25.1. The highest BCUT2D eigenvalue weighted by Crippen LogP contribution is 2.35. The largest absolute Gasteiger partial charge is 0.467 e. The number of nitrogens with zero attached hydrogens (tertiary/aromatic N) is 9. The van der Waals surface area contributed by atoms with Crippen molar-refractivity contribution < 1.29 is 9.34 Å². The summed E-state index contributed by atoms with van der Waals surface area (Å²) in [6.45, 7) is 0.593. The van der Waals surface area contributed by atoms with Gasteiger partial charge >= 0.3 is 5.82 Å². The lowest BCUT2D eigenvalue weighted by atomic mass is 10.3. The van der Waals surface area contributed by atoms with Crippen molar-refractivity contribution in [1.82, 2.24) is 49.4 Å². The fourth-order valence-electron chi connectivity index (χ4n) is 3.12. The van der Waals surface area contributed by atoms with Crippen LogP contribution in [0.2, 0.25) is 0 Å². The molecule has 6 heterocycles. The van der Waals surface area contributed by atoms with Crippen LogP contribution in [0.25, 0.3) is 22.7 Å². The third-order valence-corrected chi connectivity index (χ3v) is 5.88. The molecular formula is C19H17N13O3S. The Bertz CT molecular complexity index is 1590. The molecule has 0 unspecified atom stereocenters. The minimum atomic E-state index is -0.545. The Labute approximate surface area is 205 Å². The van der Waals surface area contributed by atoms with E-state index in [0.717, 1.165) is 29.0 Å². The molecule has 2 aliphatic rings. The molecule has 0 amide bonds. The Morgan fingerprint density at radius 3 is 2.86 bits per heavy atom. The van der Waals surface area contributed by atoms with Crippen LogP contribution in [0.15, 0.2) is 58.2 Å². The Morgan fingerprint density at radius 2 is 2.06 bits per heavy atom. The molecule has 17 heteroatoms. The van der Waals surface area contributed by atoms with E-state index < -0.39 is 4.92 Å². The molecule has 36 heavy (non-hydrogen) atoms. The average Bonchev–Trinajstić information content (AvgIpc) is 3.66. The number of nitrogens with two attached hydrogens (primary N) is 1. The summed E-state index contributed by atoms with van der Waals surface area (Å²) in [6, 6.07) is 3.76. The second-order valence-corrected chi connectivity index (χ2v) is 8.07. The van der Waals surface area contributed by atoms with Crippen LogP contribution in [0.1, 0.15) is 5.76 Å². The summed E-state index contributed by atoms with van der Waals surface area (Å²) >= 11 is 1.08. The van der Waals surface area contributed by atoms with Crippen molar-refractivity contribution in [2.24, 2.45) is 7.05 Å². The van der Waals surface area contributed by atoms with Gasteiger partial charge in [0.2, 0.25) is 12.3 Å². The van der Waals surface area contributed by atoms with E-state index in [1.165, 1.54) is 19.0 Å². The van der Waals surface area contributed by atoms with Crippen LogP contribution in [0.5, 0.6) is 0 Å². The molecule has 4 aromatic rings. The standard InChI is InChI=1S/C10H9N5O.C9H8N8O2S/c1-2-7(16-3-1)4-11-9-8-10(13-5-12-8)15-6-14-9;1-16-3-13-6(17(18)19)8(16)20-7-4-5(12-2-11-4)14-9(10)15-7/h1-3,5-6H,4H2,(H2,11,12,13,14,15);2-3H,1H3,(H3,10,11,12,14,15). The van der Waals surface area contributed by atoms with Gasteiger partial charge in [-0.3, -0.25) is 0 Å². The molecule has 0 fully saturated rings. The number of aryl methyl sites for hydroxylation is 1. The van der Waals surface area contributed by atoms with Gasteiger partial charge in [0, 0.05) is 7.05 Å². The van der Waals surface area contributed by atoms with E-state index in [1.54, 1.807) is 24.2 Å². The van der Waals surface area contributed by atoms with Gasteiger partial charge in [0.05, 0.1) is 25.5 Å². The van der Waals surface area contributed by atoms with Gasteiger partial charge in [-0.25, -0.2) is 24.9 Å². The number of H-pyrrole nitrogens is 2. The fourth-order valence-corrected chi connectivity index (χ4v) is 4.10. The molecule has 0 atom stereocenters. The molecule has 0 spiro atoms. The summed E-state index contributed by atoms with van der Waals surface area (Å²) in [4.78, 5) is 44.3. The van der Waals surface area contributed by atoms with Gasteiger partial charge < -0.3 is 40.1 Å². The van der Waals surface area contributed by atoms with Crippen LogP contribution in [-0.2, 0) is 13.6 Å². The molecule has 2 aliphatic heterocycles. The summed E-state index contributed by atoms with van der Waals surface area (Å²) in [5.74, 6) is 2.09. The predicted octanol–water partition coefficient (Wildman–Crippen LogP) is 2.24. The number of furan rings is 1. The lowest BCUT2D eigenvalue weighted by Crippen LogP contribution is -2.03. The monoisotopic (exact) mass is 507 g/mol. The van der Waals surface area contributed by atoms with Crippen molar-refractivity contribution in [1.29, 1.82) is 0 Å². The molecule has 0 saturated carbocycles. The van der Waals surface area contributed by atoms with Crippen molar-refractivity contribution in [2.45, 2.75) is 16.6 Å². The van der Waals surface area contributed by atoms with Gasteiger partial charge in [-0.1, -0.05) is 0 Å². The molecule has 4 aromatic heterocycles. The van der Waals surface area contributed by atoms with Gasteiger partial charge in [-0.2, -0.15) is 4.98 Å². The lowest BCUT2D eigenvalue weighted by molar-refractivity contribution is -0.392. The van der Waals surface area contributed by atoms with E-state index in [0.29, 0.717) is 33.6 Å². The molecule has 0 bridgehead atoms. The van der Waals surface area contributed by atoms with Crippen molar-refractivity contribution in [3.05, 3.63) is 59.6 Å². The zero-order valence-corrected chi connectivity index (χ0v) is 19.3. The van der Waals surface area contributed by atoms with E-state index in [9.17, 15) is 10.1 Å². The Balaban J connectivity index is 0.000000152.